The molecule has 82 valence electrons. The van der Waals surface area contributed by atoms with Crippen molar-refractivity contribution in [2.45, 2.75) is 51.6 Å². The van der Waals surface area contributed by atoms with Gasteiger partial charge >= 0.3 is 0 Å². The maximum absolute atomic E-state index is 3.35. The van der Waals surface area contributed by atoms with E-state index in [1.165, 1.54) is 45.3 Å². The molecule has 14 heavy (non-hydrogen) atoms. The van der Waals surface area contributed by atoms with Crippen LogP contribution in [0.5, 0.6) is 0 Å². The van der Waals surface area contributed by atoms with Gasteiger partial charge in [-0.3, -0.25) is 4.90 Å². The van der Waals surface area contributed by atoms with E-state index in [0.717, 1.165) is 18.0 Å². The number of nitrogens with one attached hydrogen (secondary N) is 1. The predicted molar refractivity (Wildman–Crippen MR) is 60.5 cm³/mol. The lowest BCUT2D eigenvalue weighted by atomic mass is 9.94. The van der Waals surface area contributed by atoms with Crippen LogP contribution in [0.25, 0.3) is 0 Å². The second-order valence-electron chi connectivity index (χ2n) is 5.18. The molecule has 2 aliphatic heterocycles. The van der Waals surface area contributed by atoms with E-state index in [9.17, 15) is 0 Å². The maximum Gasteiger partial charge on any atom is 0.00697 e. The molecule has 0 aliphatic carbocycles. The third-order valence-electron chi connectivity index (χ3n) is 4.04. The fourth-order valence-electron chi connectivity index (χ4n) is 2.80. The molecule has 2 rings (SSSR count). The Bertz CT molecular complexity index is 167. The highest BCUT2D eigenvalue weighted by atomic mass is 15.2. The van der Waals surface area contributed by atoms with Gasteiger partial charge in [-0.05, 0) is 58.7 Å². The number of rotatable bonds is 3. The van der Waals surface area contributed by atoms with Gasteiger partial charge in [0.05, 0.1) is 0 Å². The van der Waals surface area contributed by atoms with E-state index in [-0.39, 0.29) is 0 Å². The summed E-state index contributed by atoms with van der Waals surface area (Å²) in [5.41, 5.74) is 0. The van der Waals surface area contributed by atoms with E-state index in [1.54, 1.807) is 0 Å². The maximum atomic E-state index is 3.35. The summed E-state index contributed by atoms with van der Waals surface area (Å²) in [5.74, 6) is 0.969. The van der Waals surface area contributed by atoms with E-state index in [4.69, 9.17) is 0 Å². The van der Waals surface area contributed by atoms with Gasteiger partial charge in [0.2, 0.25) is 0 Å². The van der Waals surface area contributed by atoms with Gasteiger partial charge in [-0.15, -0.1) is 0 Å². The molecule has 2 unspecified atom stereocenters. The fraction of sp³-hybridized carbons (Fsp3) is 1.00. The second-order valence-corrected chi connectivity index (χ2v) is 5.18. The van der Waals surface area contributed by atoms with Crippen LogP contribution in [0.4, 0.5) is 0 Å². The standard InChI is InChI=1S/C12H24N2/c1-10-4-3-5-11(2)14(10)7-6-12-8-13-9-12/h10-13H,3-9H2,1-2H3. The van der Waals surface area contributed by atoms with Crippen molar-refractivity contribution < 1.29 is 0 Å². The van der Waals surface area contributed by atoms with Crippen LogP contribution in [0.3, 0.4) is 0 Å². The highest BCUT2D eigenvalue weighted by Gasteiger charge is 2.26. The van der Waals surface area contributed by atoms with Crippen LogP contribution < -0.4 is 5.32 Å². The van der Waals surface area contributed by atoms with Crippen LogP contribution in [0.15, 0.2) is 0 Å². The van der Waals surface area contributed by atoms with E-state index in [0.29, 0.717) is 0 Å². The molecule has 2 heteroatoms. The number of nitrogens with zero attached hydrogens (tertiary/aromatic N) is 1. The first-order chi connectivity index (χ1) is 6.77. The Morgan fingerprint density at radius 2 is 1.79 bits per heavy atom. The zero-order chi connectivity index (χ0) is 9.97. The topological polar surface area (TPSA) is 15.3 Å². The highest BCUT2D eigenvalue weighted by Crippen LogP contribution is 2.23. The largest absolute Gasteiger partial charge is 0.316 e. The zero-order valence-electron chi connectivity index (χ0n) is 9.63. The summed E-state index contributed by atoms with van der Waals surface area (Å²) in [6.45, 7) is 8.64. The van der Waals surface area contributed by atoms with Crippen LogP contribution in [0, 0.1) is 5.92 Å². The molecule has 2 fully saturated rings. The van der Waals surface area contributed by atoms with E-state index in [1.807, 2.05) is 0 Å². The van der Waals surface area contributed by atoms with Crippen LogP contribution in [-0.2, 0) is 0 Å². The summed E-state index contributed by atoms with van der Waals surface area (Å²) < 4.78 is 0. The Balaban J connectivity index is 1.75. The minimum atomic E-state index is 0.826. The van der Waals surface area contributed by atoms with Crippen molar-refractivity contribution in [2.24, 2.45) is 5.92 Å². The van der Waals surface area contributed by atoms with Gasteiger partial charge in [0.15, 0.2) is 0 Å². The molecular weight excluding hydrogens is 172 g/mol. The minimum absolute atomic E-state index is 0.826. The summed E-state index contributed by atoms with van der Waals surface area (Å²) in [6.07, 6.45) is 5.66. The summed E-state index contributed by atoms with van der Waals surface area (Å²) >= 11 is 0. The zero-order valence-corrected chi connectivity index (χ0v) is 9.63. The van der Waals surface area contributed by atoms with E-state index in [2.05, 4.69) is 24.1 Å². The first kappa shape index (κ1) is 10.4. The quantitative estimate of drug-likeness (QED) is 0.741. The average molecular weight is 196 g/mol. The van der Waals surface area contributed by atoms with Crippen molar-refractivity contribution in [3.05, 3.63) is 0 Å². The highest BCUT2D eigenvalue weighted by molar-refractivity contribution is 4.82. The van der Waals surface area contributed by atoms with Gasteiger partial charge in [0.1, 0.15) is 0 Å². The normalized spacial score (nSPS) is 35.6. The first-order valence-electron chi connectivity index (χ1n) is 6.24. The molecule has 2 atom stereocenters. The Kier molecular flexibility index (Phi) is 3.45. The lowest BCUT2D eigenvalue weighted by Crippen LogP contribution is -2.48. The summed E-state index contributed by atoms with van der Waals surface area (Å²) in [7, 11) is 0. The van der Waals surface area contributed by atoms with Crippen molar-refractivity contribution >= 4 is 0 Å². The van der Waals surface area contributed by atoms with Crippen molar-refractivity contribution in [1.29, 1.82) is 0 Å². The molecule has 0 amide bonds. The van der Waals surface area contributed by atoms with Gasteiger partial charge in [-0.1, -0.05) is 6.42 Å². The molecular formula is C12H24N2. The van der Waals surface area contributed by atoms with Gasteiger partial charge < -0.3 is 5.32 Å². The Morgan fingerprint density at radius 1 is 1.14 bits per heavy atom. The molecule has 0 aromatic rings. The molecule has 2 saturated heterocycles. The summed E-state index contributed by atoms with van der Waals surface area (Å²) in [6, 6.07) is 1.65. The second kappa shape index (κ2) is 4.63. The number of hydrogen-bond acceptors (Lipinski definition) is 2. The van der Waals surface area contributed by atoms with Gasteiger partial charge in [-0.25, -0.2) is 0 Å². The monoisotopic (exact) mass is 196 g/mol. The number of piperidine rings is 1. The Morgan fingerprint density at radius 3 is 2.29 bits per heavy atom. The van der Waals surface area contributed by atoms with Crippen LogP contribution >= 0.6 is 0 Å². The number of likely N-dealkylation sites (tertiary alicyclic amines) is 1. The molecule has 0 aromatic carbocycles. The van der Waals surface area contributed by atoms with Crippen molar-refractivity contribution in [3.8, 4) is 0 Å². The number of hydrogen-bond donors (Lipinski definition) is 1. The summed E-state index contributed by atoms with van der Waals surface area (Å²) in [4.78, 5) is 2.72. The van der Waals surface area contributed by atoms with Crippen molar-refractivity contribution in [3.63, 3.8) is 0 Å². The molecule has 2 nitrogen and oxygen atoms in total. The minimum Gasteiger partial charge on any atom is -0.316 e. The third-order valence-corrected chi connectivity index (χ3v) is 4.04. The van der Waals surface area contributed by atoms with Gasteiger partial charge in [-0.2, -0.15) is 0 Å². The van der Waals surface area contributed by atoms with Gasteiger partial charge in [0.25, 0.3) is 0 Å². The molecule has 2 aliphatic rings. The third kappa shape index (κ3) is 2.29. The molecule has 0 saturated carbocycles. The molecule has 1 N–H and O–H groups in total. The van der Waals surface area contributed by atoms with Crippen LogP contribution in [-0.4, -0.2) is 36.6 Å². The van der Waals surface area contributed by atoms with Crippen LogP contribution in [0.1, 0.15) is 39.5 Å². The molecule has 0 spiro atoms. The fourth-order valence-corrected chi connectivity index (χ4v) is 2.80. The van der Waals surface area contributed by atoms with Gasteiger partial charge in [0, 0.05) is 12.1 Å². The molecule has 2 heterocycles. The predicted octanol–water partition coefficient (Wildman–Crippen LogP) is 1.86. The smallest absolute Gasteiger partial charge is 0.00697 e. The van der Waals surface area contributed by atoms with E-state index < -0.39 is 0 Å². The average Bonchev–Trinajstić information content (AvgIpc) is 2.07. The molecule has 0 bridgehead atoms. The molecule has 0 aromatic heterocycles. The van der Waals surface area contributed by atoms with Crippen molar-refractivity contribution in [1.82, 2.24) is 10.2 Å². The SMILES string of the molecule is CC1CCCC(C)N1CCC1CNC1. The first-order valence-corrected chi connectivity index (χ1v) is 6.24. The lowest BCUT2D eigenvalue weighted by Gasteiger charge is -2.40. The van der Waals surface area contributed by atoms with Crippen LogP contribution in [0.2, 0.25) is 0 Å². The lowest BCUT2D eigenvalue weighted by molar-refractivity contribution is 0.0915. The molecule has 0 radical (unpaired) electrons. The Labute approximate surface area is 88.1 Å². The Hall–Kier alpha value is -0.0800. The van der Waals surface area contributed by atoms with Crippen molar-refractivity contribution in [2.75, 3.05) is 19.6 Å². The summed E-state index contributed by atoms with van der Waals surface area (Å²) in [5, 5.41) is 3.35. The van der Waals surface area contributed by atoms with E-state index >= 15 is 0 Å².